The van der Waals surface area contributed by atoms with Crippen molar-refractivity contribution in [2.45, 2.75) is 24.7 Å². The van der Waals surface area contributed by atoms with E-state index in [1.165, 1.54) is 0 Å². The molecule has 0 atom stereocenters. The van der Waals surface area contributed by atoms with Crippen LogP contribution >= 0.6 is 0 Å². The fourth-order valence-electron chi connectivity index (χ4n) is 0.800. The van der Waals surface area contributed by atoms with Crippen molar-refractivity contribution >= 4 is 38.5 Å². The monoisotopic (exact) mass is 312 g/mol. The van der Waals surface area contributed by atoms with Gasteiger partial charge in [-0.3, -0.25) is 0 Å². The Bertz CT molecular complexity index is 216. The van der Waals surface area contributed by atoms with Crippen molar-refractivity contribution in [1.82, 2.24) is 0 Å². The number of carbonyl (C=O) groups excluding carboxylic acids is 3. The zero-order valence-electron chi connectivity index (χ0n) is 8.18. The van der Waals surface area contributed by atoms with E-state index in [1.807, 2.05) is 0 Å². The van der Waals surface area contributed by atoms with Crippen molar-refractivity contribution in [2.75, 3.05) is 0 Å². The van der Waals surface area contributed by atoms with Gasteiger partial charge in [0.15, 0.2) is 0 Å². The molecule has 14 heavy (non-hydrogen) atoms. The van der Waals surface area contributed by atoms with Crippen LogP contribution < -0.4 is 0 Å². The van der Waals surface area contributed by atoms with Crippen LogP contribution in [0.4, 0.5) is 0 Å². The zero-order chi connectivity index (χ0) is 11.2. The van der Waals surface area contributed by atoms with Gasteiger partial charge in [0.2, 0.25) is 0 Å². The molecular formula is C7H12O6Sn. The molecular weight excluding hydrogens is 299 g/mol. The van der Waals surface area contributed by atoms with E-state index in [4.69, 9.17) is 3.07 Å². The summed E-state index contributed by atoms with van der Waals surface area (Å²) in [5.74, 6) is -0.627. The van der Waals surface area contributed by atoms with Gasteiger partial charge in [-0.2, -0.15) is 0 Å². The maximum absolute atomic E-state index is 10.8. The third kappa shape index (κ3) is 3.52. The zero-order valence-corrected chi connectivity index (χ0v) is 11.0. The van der Waals surface area contributed by atoms with Crippen molar-refractivity contribution in [3.63, 3.8) is 0 Å². The molecule has 0 fully saturated rings. The molecule has 0 amide bonds. The molecule has 0 aromatic rings. The van der Waals surface area contributed by atoms with Gasteiger partial charge < -0.3 is 0 Å². The Morgan fingerprint density at radius 2 is 1.64 bits per heavy atom. The molecule has 0 N–H and O–H groups in total. The molecule has 0 saturated heterocycles. The Labute approximate surface area is 87.0 Å². The second kappa shape index (κ2) is 5.84. The number of hydrogen-bond donors (Lipinski definition) is 0. The number of rotatable bonds is 6. The number of carbonyl (C=O) groups is 3. The van der Waals surface area contributed by atoms with Crippen molar-refractivity contribution in [1.29, 1.82) is 0 Å². The van der Waals surface area contributed by atoms with E-state index in [0.29, 0.717) is 0 Å². The van der Waals surface area contributed by atoms with E-state index in [-0.39, 0.29) is 16.9 Å². The van der Waals surface area contributed by atoms with Crippen LogP contribution in [0.15, 0.2) is 0 Å². The van der Waals surface area contributed by atoms with Gasteiger partial charge in [0.25, 0.3) is 0 Å². The first-order valence-corrected chi connectivity index (χ1v) is 9.05. The standard InChI is InChI=1S/C3H7.C2H4O2.2CH2O2.Sn/c1-3-2;1-2(3)4;2*2-1-3;/h3H,1-2H3;1H3,(H,3,4);2*1H,(H,2,3);/q;;;;+3/p-3. The normalized spacial score (nSPS) is 10.6. The third-order valence-electron chi connectivity index (χ3n) is 1.42. The van der Waals surface area contributed by atoms with Gasteiger partial charge in [0.1, 0.15) is 0 Å². The van der Waals surface area contributed by atoms with Gasteiger partial charge >= 0.3 is 86.8 Å². The van der Waals surface area contributed by atoms with Gasteiger partial charge in [0, 0.05) is 0 Å². The fourth-order valence-corrected chi connectivity index (χ4v) is 5.37. The van der Waals surface area contributed by atoms with Crippen LogP contribution in [0.5, 0.6) is 0 Å². The van der Waals surface area contributed by atoms with Crippen LogP contribution in [-0.2, 0) is 23.6 Å². The molecule has 0 radical (unpaired) electrons. The Morgan fingerprint density at radius 3 is 1.86 bits per heavy atom. The van der Waals surface area contributed by atoms with E-state index in [1.54, 1.807) is 13.8 Å². The molecule has 0 aromatic heterocycles. The van der Waals surface area contributed by atoms with Crippen LogP contribution in [0.3, 0.4) is 0 Å². The van der Waals surface area contributed by atoms with Gasteiger partial charge in [-0.05, 0) is 0 Å². The summed E-state index contributed by atoms with van der Waals surface area (Å²) in [6, 6.07) is 0. The predicted molar refractivity (Wildman–Crippen MR) is 46.9 cm³/mol. The molecule has 0 aliphatic rings. The van der Waals surface area contributed by atoms with Crippen molar-refractivity contribution < 1.29 is 23.6 Å². The fraction of sp³-hybridized carbons (Fsp3) is 0.571. The molecule has 7 heteroatoms. The first-order chi connectivity index (χ1) is 6.48. The van der Waals surface area contributed by atoms with Crippen LogP contribution in [0, 0.1) is 0 Å². The first-order valence-electron chi connectivity index (χ1n) is 3.91. The quantitative estimate of drug-likeness (QED) is 0.517. The molecule has 0 aliphatic carbocycles. The molecule has 0 bridgehead atoms. The summed E-state index contributed by atoms with van der Waals surface area (Å²) in [7, 11) is 0. The molecule has 0 rings (SSSR count). The summed E-state index contributed by atoms with van der Waals surface area (Å²) < 4.78 is 13.9. The van der Waals surface area contributed by atoms with Crippen LogP contribution in [0.2, 0.25) is 3.93 Å². The van der Waals surface area contributed by atoms with Crippen molar-refractivity contribution in [2.24, 2.45) is 0 Å². The molecule has 0 heterocycles. The molecule has 0 aliphatic heterocycles. The Kier molecular flexibility index (Phi) is 5.51. The van der Waals surface area contributed by atoms with Crippen molar-refractivity contribution in [3.05, 3.63) is 0 Å². The second-order valence-electron chi connectivity index (χ2n) is 2.78. The molecule has 0 saturated carbocycles. The molecule has 0 aromatic carbocycles. The maximum atomic E-state index is 10.8. The molecule has 0 spiro atoms. The van der Waals surface area contributed by atoms with Crippen LogP contribution in [0.25, 0.3) is 0 Å². The van der Waals surface area contributed by atoms with Crippen LogP contribution in [-0.4, -0.2) is 38.5 Å². The minimum absolute atomic E-state index is 0.141. The summed E-state index contributed by atoms with van der Waals surface area (Å²) in [5, 5.41) is 0. The predicted octanol–water partition coefficient (Wildman–Crippen LogP) is 0.244. The van der Waals surface area contributed by atoms with Gasteiger partial charge in [-0.15, -0.1) is 0 Å². The summed E-state index contributed by atoms with van der Waals surface area (Å²) >= 11 is -4.32. The number of hydrogen-bond acceptors (Lipinski definition) is 6. The Hall–Kier alpha value is -0.791. The van der Waals surface area contributed by atoms with Crippen LogP contribution in [0.1, 0.15) is 20.8 Å². The minimum atomic E-state index is -4.32. The Morgan fingerprint density at radius 1 is 1.21 bits per heavy atom. The Balaban J connectivity index is 4.80. The van der Waals surface area contributed by atoms with E-state index >= 15 is 0 Å². The van der Waals surface area contributed by atoms with E-state index in [9.17, 15) is 14.4 Å². The average molecular weight is 311 g/mol. The average Bonchev–Trinajstić information content (AvgIpc) is 2.03. The molecule has 80 valence electrons. The SMILES string of the molecule is CC(=O)[O][Sn]([O]C=O)([O]C=O)[CH](C)C. The van der Waals surface area contributed by atoms with Crippen molar-refractivity contribution in [3.8, 4) is 0 Å². The summed E-state index contributed by atoms with van der Waals surface area (Å²) in [5.41, 5.74) is 0. The topological polar surface area (TPSA) is 78.9 Å². The van der Waals surface area contributed by atoms with E-state index in [2.05, 4.69) is 6.15 Å². The van der Waals surface area contributed by atoms with Gasteiger partial charge in [-0.25, -0.2) is 0 Å². The molecule has 0 unspecified atom stereocenters. The summed E-state index contributed by atoms with van der Waals surface area (Å²) in [6.45, 7) is 4.76. The van der Waals surface area contributed by atoms with Gasteiger partial charge in [0.05, 0.1) is 0 Å². The summed E-state index contributed by atoms with van der Waals surface area (Å²) in [4.78, 5) is 31.2. The third-order valence-corrected chi connectivity index (χ3v) is 9.51. The molecule has 6 nitrogen and oxygen atoms in total. The summed E-state index contributed by atoms with van der Waals surface area (Å²) in [6.07, 6.45) is 0. The first kappa shape index (κ1) is 13.2. The van der Waals surface area contributed by atoms with E-state index in [0.717, 1.165) is 6.92 Å². The second-order valence-corrected chi connectivity index (χ2v) is 11.4. The van der Waals surface area contributed by atoms with Gasteiger partial charge in [-0.1, -0.05) is 0 Å². The van der Waals surface area contributed by atoms with E-state index < -0.39 is 25.6 Å².